The van der Waals surface area contributed by atoms with Crippen molar-refractivity contribution in [1.29, 1.82) is 0 Å². The summed E-state index contributed by atoms with van der Waals surface area (Å²) in [6, 6.07) is 14.0. The average molecular weight is 389 g/mol. The zero-order valence-electron chi connectivity index (χ0n) is 15.4. The van der Waals surface area contributed by atoms with Gasteiger partial charge in [-0.1, -0.05) is 43.1 Å². The van der Waals surface area contributed by atoms with E-state index in [2.05, 4.69) is 46.8 Å². The lowest BCUT2D eigenvalue weighted by Gasteiger charge is -2.18. The zero-order chi connectivity index (χ0) is 18.9. The fourth-order valence-electron chi connectivity index (χ4n) is 2.38. The van der Waals surface area contributed by atoms with Crippen LogP contribution in [-0.4, -0.2) is 24.9 Å². The van der Waals surface area contributed by atoms with Crippen molar-refractivity contribution >= 4 is 46.5 Å². The Balaban J connectivity index is 1.86. The predicted molar refractivity (Wildman–Crippen MR) is 118 cm³/mol. The van der Waals surface area contributed by atoms with E-state index in [0.29, 0.717) is 10.1 Å². The number of nitrogens with one attached hydrogen (secondary N) is 2. The molecule has 0 aromatic heterocycles. The van der Waals surface area contributed by atoms with E-state index in [0.717, 1.165) is 23.4 Å². The Labute approximate surface area is 166 Å². The van der Waals surface area contributed by atoms with E-state index in [1.54, 1.807) is 6.21 Å². The second kappa shape index (κ2) is 10.1. The first-order chi connectivity index (χ1) is 12.5. The van der Waals surface area contributed by atoms with Gasteiger partial charge in [-0.2, -0.15) is 5.10 Å². The van der Waals surface area contributed by atoms with Gasteiger partial charge in [0.15, 0.2) is 5.11 Å². The highest BCUT2D eigenvalue weighted by molar-refractivity contribution is 7.80. The van der Waals surface area contributed by atoms with Crippen LogP contribution in [0.2, 0.25) is 5.02 Å². The molecule has 0 bridgehead atoms. The Kier molecular flexibility index (Phi) is 7.88. The number of nitrogens with zero attached hydrogens (tertiary/aromatic N) is 2. The van der Waals surface area contributed by atoms with Gasteiger partial charge in [0.25, 0.3) is 0 Å². The van der Waals surface area contributed by atoms with Crippen LogP contribution in [-0.2, 0) is 0 Å². The van der Waals surface area contributed by atoms with Gasteiger partial charge in [-0.05, 0) is 61.0 Å². The van der Waals surface area contributed by atoms with Crippen LogP contribution >= 0.6 is 23.8 Å². The maximum atomic E-state index is 6.18. The Morgan fingerprint density at radius 1 is 1.23 bits per heavy atom. The van der Waals surface area contributed by atoms with Crippen LogP contribution in [0.25, 0.3) is 0 Å². The molecule has 6 heteroatoms. The van der Waals surface area contributed by atoms with Crippen LogP contribution in [0.15, 0.2) is 47.6 Å². The van der Waals surface area contributed by atoms with Crippen molar-refractivity contribution < 1.29 is 0 Å². The smallest absolute Gasteiger partial charge is 0.191 e. The third kappa shape index (κ3) is 6.32. The van der Waals surface area contributed by atoms with Crippen LogP contribution in [0.1, 0.15) is 30.9 Å². The highest BCUT2D eigenvalue weighted by Gasteiger charge is 2.02. The summed E-state index contributed by atoms with van der Waals surface area (Å²) in [6.45, 7) is 5.25. The zero-order valence-corrected chi connectivity index (χ0v) is 17.0. The van der Waals surface area contributed by atoms with Gasteiger partial charge in [0.05, 0.1) is 16.9 Å². The molecule has 138 valence electrons. The fraction of sp³-hybridized carbons (Fsp3) is 0.300. The minimum absolute atomic E-state index is 0.392. The van der Waals surface area contributed by atoms with Gasteiger partial charge in [-0.3, -0.25) is 5.43 Å². The van der Waals surface area contributed by atoms with E-state index < -0.39 is 0 Å². The molecule has 4 nitrogen and oxygen atoms in total. The van der Waals surface area contributed by atoms with Crippen LogP contribution in [0.4, 0.5) is 11.4 Å². The summed E-state index contributed by atoms with van der Waals surface area (Å²) >= 11 is 11.4. The molecule has 0 saturated heterocycles. The predicted octanol–water partition coefficient (Wildman–Crippen LogP) is 5.21. The first kappa shape index (κ1) is 20.2. The van der Waals surface area contributed by atoms with E-state index in [1.807, 2.05) is 37.3 Å². The van der Waals surface area contributed by atoms with Crippen molar-refractivity contribution in [2.75, 3.05) is 23.8 Å². The SMILES string of the molecule is CCCCN(C)c1ccc(/C=N/NC(=S)Nc2ccc(C)cc2Cl)cc1. The minimum atomic E-state index is 0.392. The number of halogens is 1. The molecule has 0 saturated carbocycles. The van der Waals surface area contributed by atoms with Gasteiger partial charge in [0.2, 0.25) is 0 Å². The summed E-state index contributed by atoms with van der Waals surface area (Å²) in [6.07, 6.45) is 4.13. The van der Waals surface area contributed by atoms with Crippen molar-refractivity contribution in [3.63, 3.8) is 0 Å². The Morgan fingerprint density at radius 2 is 1.96 bits per heavy atom. The number of unbranched alkanes of at least 4 members (excludes halogenated alkanes) is 1. The second-order valence-electron chi connectivity index (χ2n) is 6.17. The first-order valence-corrected chi connectivity index (χ1v) is 9.45. The van der Waals surface area contributed by atoms with Crippen molar-refractivity contribution in [3.05, 3.63) is 58.6 Å². The summed E-state index contributed by atoms with van der Waals surface area (Å²) in [5.74, 6) is 0. The van der Waals surface area contributed by atoms with E-state index in [4.69, 9.17) is 23.8 Å². The molecule has 0 fully saturated rings. The maximum absolute atomic E-state index is 6.18. The second-order valence-corrected chi connectivity index (χ2v) is 6.99. The molecule has 0 atom stereocenters. The Morgan fingerprint density at radius 3 is 2.62 bits per heavy atom. The molecular formula is C20H25ClN4S. The van der Waals surface area contributed by atoms with Crippen molar-refractivity contribution in [2.45, 2.75) is 26.7 Å². The number of rotatable bonds is 7. The van der Waals surface area contributed by atoms with Crippen molar-refractivity contribution in [2.24, 2.45) is 5.10 Å². The minimum Gasteiger partial charge on any atom is -0.375 e. The van der Waals surface area contributed by atoms with E-state index in [-0.39, 0.29) is 0 Å². The van der Waals surface area contributed by atoms with E-state index in [9.17, 15) is 0 Å². The van der Waals surface area contributed by atoms with Gasteiger partial charge in [0.1, 0.15) is 0 Å². The molecule has 2 N–H and O–H groups in total. The molecule has 2 aromatic rings. The van der Waals surface area contributed by atoms with Crippen LogP contribution in [0, 0.1) is 6.92 Å². The van der Waals surface area contributed by atoms with Gasteiger partial charge in [-0.25, -0.2) is 0 Å². The lowest BCUT2D eigenvalue weighted by Crippen LogP contribution is -2.24. The number of anilines is 2. The molecule has 0 radical (unpaired) electrons. The summed E-state index contributed by atoms with van der Waals surface area (Å²) in [4.78, 5) is 2.26. The van der Waals surface area contributed by atoms with Gasteiger partial charge >= 0.3 is 0 Å². The highest BCUT2D eigenvalue weighted by atomic mass is 35.5. The van der Waals surface area contributed by atoms with Crippen molar-refractivity contribution in [3.8, 4) is 0 Å². The molecule has 0 aliphatic heterocycles. The number of hydrogen-bond acceptors (Lipinski definition) is 3. The topological polar surface area (TPSA) is 39.7 Å². The molecule has 2 aromatic carbocycles. The first-order valence-electron chi connectivity index (χ1n) is 8.67. The molecule has 26 heavy (non-hydrogen) atoms. The van der Waals surface area contributed by atoms with Crippen LogP contribution < -0.4 is 15.6 Å². The average Bonchev–Trinajstić information content (AvgIpc) is 2.62. The lowest BCUT2D eigenvalue weighted by molar-refractivity contribution is 0.767. The molecule has 0 spiro atoms. The normalized spacial score (nSPS) is 10.8. The number of hydrazone groups is 1. The number of aryl methyl sites for hydroxylation is 1. The summed E-state index contributed by atoms with van der Waals surface area (Å²) in [5.41, 5.74) is 6.86. The van der Waals surface area contributed by atoms with Gasteiger partial charge in [-0.15, -0.1) is 0 Å². The number of benzene rings is 2. The third-order valence-corrected chi connectivity index (χ3v) is 4.44. The molecule has 0 heterocycles. The van der Waals surface area contributed by atoms with E-state index in [1.165, 1.54) is 18.5 Å². The molecular weight excluding hydrogens is 364 g/mol. The fourth-order valence-corrected chi connectivity index (χ4v) is 2.82. The van der Waals surface area contributed by atoms with Gasteiger partial charge in [0, 0.05) is 19.3 Å². The Hall–Kier alpha value is -2.11. The summed E-state index contributed by atoms with van der Waals surface area (Å²) in [7, 11) is 2.11. The summed E-state index contributed by atoms with van der Waals surface area (Å²) < 4.78 is 0. The third-order valence-electron chi connectivity index (χ3n) is 3.93. The highest BCUT2D eigenvalue weighted by Crippen LogP contribution is 2.22. The quantitative estimate of drug-likeness (QED) is 0.388. The van der Waals surface area contributed by atoms with Gasteiger partial charge < -0.3 is 10.2 Å². The van der Waals surface area contributed by atoms with Crippen LogP contribution in [0.3, 0.4) is 0 Å². The number of thiocarbonyl (C=S) groups is 1. The maximum Gasteiger partial charge on any atom is 0.191 e. The standard InChI is InChI=1S/C20H25ClN4S/c1-4-5-12-25(3)17-9-7-16(8-10-17)14-22-24-20(26)23-19-11-6-15(2)13-18(19)21/h6-11,13-14H,4-5,12H2,1-3H3,(H2,23,24,26)/b22-14+. The largest absolute Gasteiger partial charge is 0.375 e. The number of hydrogen-bond donors (Lipinski definition) is 2. The molecule has 0 aliphatic carbocycles. The molecule has 0 unspecified atom stereocenters. The molecule has 2 rings (SSSR count). The van der Waals surface area contributed by atoms with Crippen molar-refractivity contribution in [1.82, 2.24) is 5.43 Å². The molecule has 0 amide bonds. The van der Waals surface area contributed by atoms with Crippen LogP contribution in [0.5, 0.6) is 0 Å². The monoisotopic (exact) mass is 388 g/mol. The van der Waals surface area contributed by atoms with E-state index >= 15 is 0 Å². The Bertz CT molecular complexity index is 759. The lowest BCUT2D eigenvalue weighted by atomic mass is 10.2. The molecule has 0 aliphatic rings. The summed E-state index contributed by atoms with van der Waals surface area (Å²) in [5, 5.41) is 8.23.